The van der Waals surface area contributed by atoms with Crippen LogP contribution in [0.1, 0.15) is 5.56 Å². The van der Waals surface area contributed by atoms with Crippen LogP contribution in [-0.4, -0.2) is 26.4 Å². The fourth-order valence-corrected chi connectivity index (χ4v) is 0.817. The van der Waals surface area contributed by atoms with Crippen molar-refractivity contribution in [3.63, 3.8) is 0 Å². The van der Waals surface area contributed by atoms with Crippen LogP contribution >= 0.6 is 12.2 Å². The molecule has 0 bridgehead atoms. The lowest BCUT2D eigenvalue weighted by Crippen LogP contribution is -2.27. The summed E-state index contributed by atoms with van der Waals surface area (Å²) in [4.78, 5) is 25.7. The van der Waals surface area contributed by atoms with Gasteiger partial charge in [0.2, 0.25) is 5.88 Å². The van der Waals surface area contributed by atoms with Gasteiger partial charge in [-0.05, 0) is 12.2 Å². The number of hydrogen-bond donors (Lipinski definition) is 5. The number of aromatic amines is 2. The van der Waals surface area contributed by atoms with Crippen LogP contribution in [0.25, 0.3) is 0 Å². The molecule has 0 radical (unpaired) electrons. The lowest BCUT2D eigenvalue weighted by molar-refractivity contribution is 0.447. The summed E-state index contributed by atoms with van der Waals surface area (Å²) in [5, 5.41) is 12.5. The molecular weight excluding hydrogens is 222 g/mol. The molecule has 1 heterocycles. The minimum atomic E-state index is -0.808. The summed E-state index contributed by atoms with van der Waals surface area (Å²) >= 11 is 4.44. The van der Waals surface area contributed by atoms with Crippen molar-refractivity contribution in [2.45, 2.75) is 0 Å². The highest BCUT2D eigenvalue weighted by Gasteiger charge is 2.04. The standard InChI is InChI=1S/C6H7N5O3S/c7-5(15)11-8-1-2-3(12)9-6(14)10-4(2)13/h1H,(H3,7,11,15)(H3,9,10,12,13,14)/b8-1+. The van der Waals surface area contributed by atoms with E-state index >= 15 is 0 Å². The Labute approximate surface area is 87.8 Å². The highest BCUT2D eigenvalue weighted by molar-refractivity contribution is 7.80. The Morgan fingerprint density at radius 3 is 2.73 bits per heavy atom. The Bertz CT molecular complexity index is 516. The third-order valence-corrected chi connectivity index (χ3v) is 1.42. The molecule has 1 aromatic rings. The van der Waals surface area contributed by atoms with E-state index in [4.69, 9.17) is 5.73 Å². The predicted molar refractivity (Wildman–Crippen MR) is 56.9 cm³/mol. The van der Waals surface area contributed by atoms with Gasteiger partial charge in [0.15, 0.2) is 5.11 Å². The number of rotatable bonds is 2. The van der Waals surface area contributed by atoms with Gasteiger partial charge < -0.3 is 10.8 Å². The highest BCUT2D eigenvalue weighted by Crippen LogP contribution is 2.00. The first-order chi connectivity index (χ1) is 7.00. The van der Waals surface area contributed by atoms with Crippen molar-refractivity contribution in [3.05, 3.63) is 26.4 Å². The van der Waals surface area contributed by atoms with Crippen LogP contribution in [0, 0.1) is 0 Å². The number of hydrogen-bond acceptors (Lipinski definition) is 5. The summed E-state index contributed by atoms with van der Waals surface area (Å²) in [6.45, 7) is 0. The van der Waals surface area contributed by atoms with Gasteiger partial charge in [-0.3, -0.25) is 20.2 Å². The molecule has 0 spiro atoms. The van der Waals surface area contributed by atoms with E-state index in [0.29, 0.717) is 0 Å². The van der Waals surface area contributed by atoms with Crippen LogP contribution in [0.5, 0.6) is 5.88 Å². The van der Waals surface area contributed by atoms with Gasteiger partial charge in [-0.25, -0.2) is 4.79 Å². The highest BCUT2D eigenvalue weighted by atomic mass is 32.1. The van der Waals surface area contributed by atoms with Crippen molar-refractivity contribution in [3.8, 4) is 5.88 Å². The molecule has 1 rings (SSSR count). The molecule has 0 amide bonds. The third kappa shape index (κ3) is 2.91. The molecular formula is C6H7N5O3S. The lowest BCUT2D eigenvalue weighted by atomic mass is 10.3. The zero-order chi connectivity index (χ0) is 11.4. The van der Waals surface area contributed by atoms with Crippen LogP contribution in [0.4, 0.5) is 0 Å². The Hall–Kier alpha value is -2.16. The summed E-state index contributed by atoms with van der Waals surface area (Å²) in [5.41, 5.74) is 5.45. The number of nitrogens with two attached hydrogens (primary N) is 1. The van der Waals surface area contributed by atoms with Gasteiger partial charge in [0.05, 0.1) is 6.21 Å². The zero-order valence-corrected chi connectivity index (χ0v) is 8.09. The molecule has 15 heavy (non-hydrogen) atoms. The zero-order valence-electron chi connectivity index (χ0n) is 7.27. The van der Waals surface area contributed by atoms with E-state index in [1.54, 1.807) is 0 Å². The van der Waals surface area contributed by atoms with E-state index in [-0.39, 0.29) is 10.7 Å². The number of aromatic hydroxyl groups is 1. The normalized spacial score (nSPS) is 10.4. The molecule has 1 aromatic heterocycles. The van der Waals surface area contributed by atoms with Crippen LogP contribution < -0.4 is 22.4 Å². The molecule has 0 atom stereocenters. The quantitative estimate of drug-likeness (QED) is 0.224. The van der Waals surface area contributed by atoms with E-state index in [9.17, 15) is 14.7 Å². The Morgan fingerprint density at radius 2 is 2.20 bits per heavy atom. The van der Waals surface area contributed by atoms with Crippen molar-refractivity contribution < 1.29 is 5.11 Å². The second-order valence-corrected chi connectivity index (χ2v) is 2.84. The van der Waals surface area contributed by atoms with Crippen molar-refractivity contribution >= 4 is 23.5 Å². The minimum absolute atomic E-state index is 0.0911. The average molecular weight is 229 g/mol. The second kappa shape index (κ2) is 4.37. The molecule has 0 saturated heterocycles. The van der Waals surface area contributed by atoms with Crippen LogP contribution in [-0.2, 0) is 0 Å². The summed E-state index contributed by atoms with van der Waals surface area (Å²) in [6.07, 6.45) is 0.975. The molecule has 0 unspecified atom stereocenters. The first-order valence-corrected chi connectivity index (χ1v) is 4.05. The fraction of sp³-hybridized carbons (Fsp3) is 0. The van der Waals surface area contributed by atoms with Gasteiger partial charge in [-0.2, -0.15) is 5.10 Å². The van der Waals surface area contributed by atoms with Gasteiger partial charge >= 0.3 is 5.69 Å². The molecule has 80 valence electrons. The number of H-pyrrole nitrogens is 2. The number of nitrogens with one attached hydrogen (secondary N) is 3. The first kappa shape index (κ1) is 10.9. The van der Waals surface area contributed by atoms with Crippen molar-refractivity contribution in [1.29, 1.82) is 0 Å². The number of aromatic nitrogens is 2. The molecule has 0 fully saturated rings. The summed E-state index contributed by atoms with van der Waals surface area (Å²) in [5.74, 6) is -0.586. The van der Waals surface area contributed by atoms with E-state index in [0.717, 1.165) is 6.21 Å². The van der Waals surface area contributed by atoms with Crippen molar-refractivity contribution in [2.75, 3.05) is 0 Å². The van der Waals surface area contributed by atoms with Gasteiger partial charge in [0.25, 0.3) is 5.56 Å². The van der Waals surface area contributed by atoms with Crippen molar-refractivity contribution in [1.82, 2.24) is 15.4 Å². The molecule has 9 heteroatoms. The van der Waals surface area contributed by atoms with Gasteiger partial charge in [0.1, 0.15) is 5.56 Å². The second-order valence-electron chi connectivity index (χ2n) is 2.40. The molecule has 0 aliphatic heterocycles. The van der Waals surface area contributed by atoms with Gasteiger partial charge in [-0.1, -0.05) is 0 Å². The molecule has 0 aromatic carbocycles. The van der Waals surface area contributed by atoms with E-state index in [1.165, 1.54) is 0 Å². The smallest absolute Gasteiger partial charge is 0.328 e. The Balaban J connectivity index is 3.05. The van der Waals surface area contributed by atoms with Gasteiger partial charge in [0, 0.05) is 0 Å². The van der Waals surface area contributed by atoms with E-state index in [1.807, 2.05) is 9.97 Å². The summed E-state index contributed by atoms with van der Waals surface area (Å²) < 4.78 is 0. The van der Waals surface area contributed by atoms with E-state index < -0.39 is 17.1 Å². The Kier molecular flexibility index (Phi) is 3.18. The summed E-state index contributed by atoms with van der Waals surface area (Å²) in [7, 11) is 0. The predicted octanol–water partition coefficient (Wildman–Crippen LogP) is -2.06. The largest absolute Gasteiger partial charge is 0.494 e. The maximum absolute atomic E-state index is 11.1. The number of hydrazone groups is 1. The van der Waals surface area contributed by atoms with Gasteiger partial charge in [-0.15, -0.1) is 0 Å². The Morgan fingerprint density at radius 1 is 1.53 bits per heavy atom. The van der Waals surface area contributed by atoms with Crippen molar-refractivity contribution in [2.24, 2.45) is 10.8 Å². The topological polar surface area (TPSA) is 136 Å². The lowest BCUT2D eigenvalue weighted by Gasteiger charge is -1.96. The molecule has 0 aliphatic carbocycles. The molecule has 0 aliphatic rings. The fourth-order valence-electron chi connectivity index (χ4n) is 0.764. The average Bonchev–Trinajstić information content (AvgIpc) is 2.08. The maximum atomic E-state index is 11.1. The number of nitrogens with zero attached hydrogens (tertiary/aromatic N) is 1. The van der Waals surface area contributed by atoms with Crippen LogP contribution in [0.15, 0.2) is 14.7 Å². The maximum Gasteiger partial charge on any atom is 0.328 e. The molecule has 6 N–H and O–H groups in total. The minimum Gasteiger partial charge on any atom is -0.494 e. The molecule has 0 saturated carbocycles. The summed E-state index contributed by atoms with van der Waals surface area (Å²) in [6, 6.07) is 0. The monoisotopic (exact) mass is 229 g/mol. The number of thiocarbonyl (C=S) groups is 1. The third-order valence-electron chi connectivity index (χ3n) is 1.33. The van der Waals surface area contributed by atoms with E-state index in [2.05, 4.69) is 22.7 Å². The first-order valence-electron chi connectivity index (χ1n) is 3.65. The van der Waals surface area contributed by atoms with Crippen LogP contribution in [0.2, 0.25) is 0 Å². The van der Waals surface area contributed by atoms with Crippen LogP contribution in [0.3, 0.4) is 0 Å². The molecule has 8 nitrogen and oxygen atoms in total. The SMILES string of the molecule is NC(=S)N/N=C/c1c(O)[nH]c(=O)[nH]c1=O.